The number of carbonyl (C=O) groups is 1. The minimum Gasteiger partial charge on any atom is -0.497 e. The van der Waals surface area contributed by atoms with Crippen LogP contribution in [0, 0.1) is 6.92 Å². The van der Waals surface area contributed by atoms with Crippen molar-refractivity contribution >= 4 is 5.91 Å². The molecule has 1 aliphatic rings. The Balaban J connectivity index is 1.73. The van der Waals surface area contributed by atoms with Crippen molar-refractivity contribution in [2.75, 3.05) is 7.11 Å². The maximum absolute atomic E-state index is 12.7. The molecule has 2 atom stereocenters. The van der Waals surface area contributed by atoms with Crippen molar-refractivity contribution in [3.63, 3.8) is 0 Å². The van der Waals surface area contributed by atoms with Gasteiger partial charge in [-0.2, -0.15) is 0 Å². The first-order valence-electron chi connectivity index (χ1n) is 9.18. The molecule has 1 N–H and O–H groups in total. The minimum absolute atomic E-state index is 0.117. The summed E-state index contributed by atoms with van der Waals surface area (Å²) in [5, 5.41) is 3.12. The highest BCUT2D eigenvalue weighted by molar-refractivity contribution is 5.81. The van der Waals surface area contributed by atoms with Gasteiger partial charge in [0.1, 0.15) is 22.8 Å². The van der Waals surface area contributed by atoms with E-state index in [1.165, 1.54) is 0 Å². The topological polar surface area (TPSA) is 56.8 Å². The van der Waals surface area contributed by atoms with Gasteiger partial charge in [0.25, 0.3) is 5.91 Å². The van der Waals surface area contributed by atoms with Crippen LogP contribution in [0.4, 0.5) is 0 Å². The first kappa shape index (κ1) is 19.1. The second-order valence-electron chi connectivity index (χ2n) is 7.61. The molecule has 0 saturated heterocycles. The summed E-state index contributed by atoms with van der Waals surface area (Å²) in [4.78, 5) is 12.7. The zero-order valence-electron chi connectivity index (χ0n) is 16.5. The molecule has 2 aromatic rings. The molecule has 144 valence electrons. The van der Waals surface area contributed by atoms with Crippen LogP contribution >= 0.6 is 0 Å². The third kappa shape index (κ3) is 4.54. The van der Waals surface area contributed by atoms with E-state index in [1.54, 1.807) is 20.1 Å². The lowest BCUT2D eigenvalue weighted by atomic mass is 9.89. The van der Waals surface area contributed by atoms with E-state index in [4.69, 9.17) is 14.2 Å². The van der Waals surface area contributed by atoms with Gasteiger partial charge in [0, 0.05) is 18.1 Å². The second-order valence-corrected chi connectivity index (χ2v) is 7.61. The lowest BCUT2D eigenvalue weighted by Gasteiger charge is -2.38. The maximum atomic E-state index is 12.7. The number of carbonyl (C=O) groups excluding carboxylic acids is 1. The fourth-order valence-electron chi connectivity index (χ4n) is 3.31. The van der Waals surface area contributed by atoms with E-state index in [1.807, 2.05) is 57.2 Å². The summed E-state index contributed by atoms with van der Waals surface area (Å²) in [5.74, 6) is 1.96. The lowest BCUT2D eigenvalue weighted by molar-refractivity contribution is -0.128. The SMILES string of the molecule is COc1cccc(O[C@H](C)C(=O)N[C@@H]2CC(C)(C)Oc3cc(C)ccc32)c1. The maximum Gasteiger partial charge on any atom is 0.261 e. The van der Waals surface area contributed by atoms with Crippen LogP contribution in [0.2, 0.25) is 0 Å². The number of methoxy groups -OCH3 is 1. The van der Waals surface area contributed by atoms with Gasteiger partial charge >= 0.3 is 0 Å². The molecule has 27 heavy (non-hydrogen) atoms. The first-order valence-corrected chi connectivity index (χ1v) is 9.18. The quantitative estimate of drug-likeness (QED) is 0.859. The predicted molar refractivity (Wildman–Crippen MR) is 104 cm³/mol. The lowest BCUT2D eigenvalue weighted by Crippen LogP contribution is -2.44. The summed E-state index contributed by atoms with van der Waals surface area (Å²) in [5.41, 5.74) is 1.78. The number of benzene rings is 2. The molecule has 0 aliphatic carbocycles. The Hall–Kier alpha value is -2.69. The molecule has 1 heterocycles. The molecule has 0 bridgehead atoms. The Bertz CT molecular complexity index is 831. The molecule has 0 fully saturated rings. The van der Waals surface area contributed by atoms with E-state index in [0.717, 1.165) is 16.9 Å². The third-order valence-corrected chi connectivity index (χ3v) is 4.67. The Morgan fingerprint density at radius 3 is 2.70 bits per heavy atom. The molecule has 0 aromatic heterocycles. The van der Waals surface area contributed by atoms with Gasteiger partial charge in [-0.3, -0.25) is 4.79 Å². The van der Waals surface area contributed by atoms with Gasteiger partial charge in [0.2, 0.25) is 0 Å². The third-order valence-electron chi connectivity index (χ3n) is 4.67. The summed E-state index contributed by atoms with van der Waals surface area (Å²) >= 11 is 0. The molecule has 5 heteroatoms. The average molecular weight is 369 g/mol. The van der Waals surface area contributed by atoms with Gasteiger partial charge in [-0.05, 0) is 51.5 Å². The van der Waals surface area contributed by atoms with Crippen LogP contribution in [0.15, 0.2) is 42.5 Å². The van der Waals surface area contributed by atoms with E-state index in [9.17, 15) is 4.79 Å². The average Bonchev–Trinajstić information content (AvgIpc) is 2.60. The van der Waals surface area contributed by atoms with Crippen LogP contribution < -0.4 is 19.5 Å². The standard InChI is InChI=1S/C22H27NO4/c1-14-9-10-18-19(13-22(3,4)27-20(18)11-14)23-21(24)15(2)26-17-8-6-7-16(12-17)25-5/h6-12,15,19H,13H2,1-5H3,(H,23,24)/t15-,19-/m1/s1. The fraction of sp³-hybridized carbons (Fsp3) is 0.409. The number of amides is 1. The largest absolute Gasteiger partial charge is 0.497 e. The highest BCUT2D eigenvalue weighted by Gasteiger charge is 2.35. The molecule has 0 spiro atoms. The van der Waals surface area contributed by atoms with Crippen molar-refractivity contribution in [1.29, 1.82) is 0 Å². The van der Waals surface area contributed by atoms with Crippen LogP contribution in [0.25, 0.3) is 0 Å². The number of aryl methyl sites for hydroxylation is 1. The molecular formula is C22H27NO4. The second kappa shape index (κ2) is 7.51. The molecule has 0 radical (unpaired) electrons. The number of rotatable bonds is 5. The summed E-state index contributed by atoms with van der Waals surface area (Å²) in [7, 11) is 1.60. The van der Waals surface area contributed by atoms with Crippen molar-refractivity contribution in [1.82, 2.24) is 5.32 Å². The fourth-order valence-corrected chi connectivity index (χ4v) is 3.31. The number of hydrogen-bond donors (Lipinski definition) is 1. The van der Waals surface area contributed by atoms with Crippen LogP contribution in [0.3, 0.4) is 0 Å². The molecular weight excluding hydrogens is 342 g/mol. The number of ether oxygens (including phenoxy) is 3. The minimum atomic E-state index is -0.628. The molecule has 0 unspecified atom stereocenters. The first-order chi connectivity index (χ1) is 12.8. The van der Waals surface area contributed by atoms with Crippen LogP contribution in [-0.4, -0.2) is 24.7 Å². The molecule has 1 amide bonds. The number of hydrogen-bond acceptors (Lipinski definition) is 4. The predicted octanol–water partition coefficient (Wildman–Crippen LogP) is 4.19. The van der Waals surface area contributed by atoms with Gasteiger partial charge in [-0.1, -0.05) is 18.2 Å². The normalized spacial score (nSPS) is 18.6. The summed E-state index contributed by atoms with van der Waals surface area (Å²) < 4.78 is 17.1. The van der Waals surface area contributed by atoms with Crippen molar-refractivity contribution in [2.24, 2.45) is 0 Å². The molecule has 3 rings (SSSR count). The van der Waals surface area contributed by atoms with Gasteiger partial charge < -0.3 is 19.5 Å². The van der Waals surface area contributed by atoms with Crippen molar-refractivity contribution in [3.8, 4) is 17.2 Å². The smallest absolute Gasteiger partial charge is 0.261 e. The van der Waals surface area contributed by atoms with Gasteiger partial charge in [0.05, 0.1) is 13.2 Å². The van der Waals surface area contributed by atoms with Crippen LogP contribution in [0.1, 0.15) is 44.4 Å². The summed E-state index contributed by atoms with van der Waals surface area (Å²) in [6, 6.07) is 13.2. The van der Waals surface area contributed by atoms with E-state index >= 15 is 0 Å². The Labute approximate surface area is 160 Å². The Morgan fingerprint density at radius 2 is 1.96 bits per heavy atom. The molecule has 1 aliphatic heterocycles. The molecule has 2 aromatic carbocycles. The van der Waals surface area contributed by atoms with E-state index in [0.29, 0.717) is 17.9 Å². The Kier molecular flexibility index (Phi) is 5.31. The van der Waals surface area contributed by atoms with Crippen molar-refractivity contribution < 1.29 is 19.0 Å². The number of fused-ring (bicyclic) bond motifs is 1. The van der Waals surface area contributed by atoms with Gasteiger partial charge in [0.15, 0.2) is 6.10 Å². The zero-order chi connectivity index (χ0) is 19.6. The zero-order valence-corrected chi connectivity index (χ0v) is 16.5. The van der Waals surface area contributed by atoms with Crippen molar-refractivity contribution in [3.05, 3.63) is 53.6 Å². The van der Waals surface area contributed by atoms with E-state index in [2.05, 4.69) is 5.32 Å². The highest BCUT2D eigenvalue weighted by atomic mass is 16.5. The van der Waals surface area contributed by atoms with Crippen LogP contribution in [0.5, 0.6) is 17.2 Å². The van der Waals surface area contributed by atoms with Crippen LogP contribution in [-0.2, 0) is 4.79 Å². The molecule has 5 nitrogen and oxygen atoms in total. The van der Waals surface area contributed by atoms with E-state index in [-0.39, 0.29) is 17.6 Å². The van der Waals surface area contributed by atoms with Gasteiger partial charge in [-0.25, -0.2) is 0 Å². The summed E-state index contributed by atoms with van der Waals surface area (Å²) in [6.45, 7) is 7.85. The molecule has 0 saturated carbocycles. The van der Waals surface area contributed by atoms with Gasteiger partial charge in [-0.15, -0.1) is 0 Å². The Morgan fingerprint density at radius 1 is 1.22 bits per heavy atom. The van der Waals surface area contributed by atoms with Crippen molar-refractivity contribution in [2.45, 2.75) is 51.9 Å². The summed E-state index contributed by atoms with van der Waals surface area (Å²) in [6.07, 6.45) is 0.0673. The monoisotopic (exact) mass is 369 g/mol. The number of nitrogens with one attached hydrogen (secondary N) is 1. The van der Waals surface area contributed by atoms with E-state index < -0.39 is 6.10 Å². The highest BCUT2D eigenvalue weighted by Crippen LogP contribution is 2.40.